The van der Waals surface area contributed by atoms with Crippen molar-refractivity contribution in [3.63, 3.8) is 0 Å². The molecule has 0 bridgehead atoms. The fraction of sp³-hybridized carbons (Fsp3) is 0.471. The first-order chi connectivity index (χ1) is 14.9. The van der Waals surface area contributed by atoms with E-state index in [0.29, 0.717) is 5.69 Å². The highest BCUT2D eigenvalue weighted by Gasteiger charge is 2.31. The maximum Gasteiger partial charge on any atom is 0.325 e. The third kappa shape index (κ3) is 8.78. The zero-order valence-corrected chi connectivity index (χ0v) is 17.0. The number of aromatic amines is 1. The normalized spacial score (nSPS) is 14.3. The summed E-state index contributed by atoms with van der Waals surface area (Å²) < 4.78 is 0. The Bertz CT molecular complexity index is 857. The summed E-state index contributed by atoms with van der Waals surface area (Å²) >= 11 is 0. The number of nitrogens with two attached hydrogens (primary N) is 2. The molecule has 4 atom stereocenters. The van der Waals surface area contributed by atoms with Crippen LogP contribution in [0.4, 0.5) is 0 Å². The molecule has 0 spiro atoms. The monoisotopic (exact) mass is 455 g/mol. The number of carbonyl (C=O) groups excluding carboxylic acids is 4. The summed E-state index contributed by atoms with van der Waals surface area (Å²) in [7, 11) is 0. The van der Waals surface area contributed by atoms with Crippen molar-refractivity contribution in [2.24, 2.45) is 11.5 Å². The van der Waals surface area contributed by atoms with Gasteiger partial charge in [0, 0.05) is 18.3 Å². The van der Waals surface area contributed by atoms with Crippen LogP contribution in [0, 0.1) is 0 Å². The van der Waals surface area contributed by atoms with Crippen LogP contribution < -0.4 is 27.4 Å². The summed E-state index contributed by atoms with van der Waals surface area (Å²) in [4.78, 5) is 76.9. The van der Waals surface area contributed by atoms with E-state index in [4.69, 9.17) is 21.7 Å². The number of H-pyrrole nitrogens is 1. The molecule has 1 heterocycles. The zero-order chi connectivity index (χ0) is 24.4. The van der Waals surface area contributed by atoms with Gasteiger partial charge in [-0.2, -0.15) is 0 Å². The van der Waals surface area contributed by atoms with Gasteiger partial charge in [-0.15, -0.1) is 0 Å². The molecule has 0 aliphatic carbocycles. The van der Waals surface area contributed by atoms with Gasteiger partial charge >= 0.3 is 11.9 Å². The largest absolute Gasteiger partial charge is 0.481 e. The van der Waals surface area contributed by atoms with Crippen LogP contribution in [0.15, 0.2) is 12.5 Å². The van der Waals surface area contributed by atoms with E-state index in [1.165, 1.54) is 19.4 Å². The summed E-state index contributed by atoms with van der Waals surface area (Å²) in [6, 6.07) is -5.67. The molecule has 1 aromatic rings. The van der Waals surface area contributed by atoms with Gasteiger partial charge in [-0.05, 0) is 6.92 Å². The summed E-state index contributed by atoms with van der Waals surface area (Å²) in [6.07, 6.45) is 1.15. The van der Waals surface area contributed by atoms with Gasteiger partial charge in [-0.25, -0.2) is 4.98 Å². The minimum atomic E-state index is -1.65. The first-order valence-corrected chi connectivity index (χ1v) is 9.27. The van der Waals surface area contributed by atoms with Crippen molar-refractivity contribution in [2.75, 3.05) is 0 Å². The molecule has 15 nitrogen and oxygen atoms in total. The van der Waals surface area contributed by atoms with Crippen LogP contribution in [-0.4, -0.2) is 79.9 Å². The molecule has 0 radical (unpaired) electrons. The van der Waals surface area contributed by atoms with Crippen LogP contribution in [0.5, 0.6) is 0 Å². The second-order valence-corrected chi connectivity index (χ2v) is 6.85. The number of carboxylic acids is 2. The Kier molecular flexibility index (Phi) is 9.75. The first kappa shape index (κ1) is 26.0. The maximum atomic E-state index is 12.7. The lowest BCUT2D eigenvalue weighted by Gasteiger charge is -2.23. The van der Waals surface area contributed by atoms with Crippen molar-refractivity contribution in [3.8, 4) is 0 Å². The van der Waals surface area contributed by atoms with Gasteiger partial charge in [0.05, 0.1) is 25.2 Å². The molecular formula is C17H25N7O8. The Morgan fingerprint density at radius 3 is 2.09 bits per heavy atom. The predicted octanol–water partition coefficient (Wildman–Crippen LogP) is -3.81. The second kappa shape index (κ2) is 12.0. The molecule has 0 saturated heterocycles. The van der Waals surface area contributed by atoms with E-state index in [-0.39, 0.29) is 6.42 Å². The average molecular weight is 455 g/mol. The van der Waals surface area contributed by atoms with Gasteiger partial charge in [-0.1, -0.05) is 0 Å². The van der Waals surface area contributed by atoms with Crippen LogP contribution in [0.2, 0.25) is 0 Å². The van der Waals surface area contributed by atoms with Crippen molar-refractivity contribution in [3.05, 3.63) is 18.2 Å². The number of imidazole rings is 1. The van der Waals surface area contributed by atoms with Gasteiger partial charge in [0.25, 0.3) is 0 Å². The number of primary amides is 1. The molecule has 10 N–H and O–H groups in total. The zero-order valence-electron chi connectivity index (χ0n) is 17.0. The van der Waals surface area contributed by atoms with Gasteiger partial charge in [0.2, 0.25) is 23.6 Å². The lowest BCUT2D eigenvalue weighted by atomic mass is 10.1. The van der Waals surface area contributed by atoms with Crippen molar-refractivity contribution >= 4 is 35.6 Å². The van der Waals surface area contributed by atoms with E-state index in [9.17, 15) is 28.8 Å². The Morgan fingerprint density at radius 2 is 1.59 bits per heavy atom. The van der Waals surface area contributed by atoms with Gasteiger partial charge in [0.1, 0.15) is 18.1 Å². The number of hydrogen-bond donors (Lipinski definition) is 8. The average Bonchev–Trinajstić information content (AvgIpc) is 3.18. The van der Waals surface area contributed by atoms with Gasteiger partial charge in [0.15, 0.2) is 0 Å². The molecule has 0 fully saturated rings. The Morgan fingerprint density at radius 1 is 1.00 bits per heavy atom. The number of nitrogens with zero attached hydrogens (tertiary/aromatic N) is 1. The summed E-state index contributed by atoms with van der Waals surface area (Å²) in [6.45, 7) is 1.21. The number of hydrogen-bond acceptors (Lipinski definition) is 8. The quantitative estimate of drug-likeness (QED) is 0.144. The third-order valence-corrected chi connectivity index (χ3v) is 4.11. The van der Waals surface area contributed by atoms with Crippen LogP contribution >= 0.6 is 0 Å². The predicted molar refractivity (Wildman–Crippen MR) is 105 cm³/mol. The Hall–Kier alpha value is -4.01. The molecule has 0 aromatic carbocycles. The van der Waals surface area contributed by atoms with E-state index < -0.39 is 72.6 Å². The van der Waals surface area contributed by atoms with E-state index in [2.05, 4.69) is 25.9 Å². The minimum absolute atomic E-state index is 0.140. The molecule has 4 unspecified atom stereocenters. The summed E-state index contributed by atoms with van der Waals surface area (Å²) in [5, 5.41) is 24.6. The number of carbonyl (C=O) groups is 6. The SMILES string of the molecule is CC(NC(=O)C(Cc1cnc[nH]1)NC(=O)C(CC(=O)O)NC(=O)C(N)CC(N)=O)C(=O)O. The van der Waals surface area contributed by atoms with E-state index in [0.717, 1.165) is 0 Å². The van der Waals surface area contributed by atoms with Gasteiger partial charge in [-0.3, -0.25) is 28.8 Å². The number of aliphatic carboxylic acids is 2. The molecule has 1 aromatic heterocycles. The van der Waals surface area contributed by atoms with E-state index in [1.807, 2.05) is 0 Å². The standard InChI is InChI=1S/C17H25N7O8/c1-7(17(31)32)22-15(29)10(2-8-5-20-6-21-8)24-16(30)11(4-13(26)27)23-14(28)9(18)3-12(19)25/h5-7,9-11H,2-4,18H2,1H3,(H2,19,25)(H,20,21)(H,22,29)(H,23,28)(H,24,30)(H,26,27)(H,31,32). The number of carboxylic acid groups (broad SMARTS) is 2. The third-order valence-electron chi connectivity index (χ3n) is 4.11. The molecule has 4 amide bonds. The lowest BCUT2D eigenvalue weighted by Crippen LogP contribution is -2.58. The highest BCUT2D eigenvalue weighted by Crippen LogP contribution is 2.03. The van der Waals surface area contributed by atoms with Crippen LogP contribution in [0.25, 0.3) is 0 Å². The Labute approximate surface area is 181 Å². The second-order valence-electron chi connectivity index (χ2n) is 6.85. The van der Waals surface area contributed by atoms with Crippen molar-refractivity contribution in [1.29, 1.82) is 0 Å². The first-order valence-electron chi connectivity index (χ1n) is 9.27. The molecular weight excluding hydrogens is 430 g/mol. The highest BCUT2D eigenvalue weighted by molar-refractivity contribution is 5.96. The molecule has 15 heteroatoms. The number of aromatic nitrogens is 2. The fourth-order valence-corrected chi connectivity index (χ4v) is 2.45. The minimum Gasteiger partial charge on any atom is -0.481 e. The fourth-order valence-electron chi connectivity index (χ4n) is 2.45. The van der Waals surface area contributed by atoms with Crippen molar-refractivity contribution in [1.82, 2.24) is 25.9 Å². The molecule has 0 saturated carbocycles. The van der Waals surface area contributed by atoms with E-state index in [1.54, 1.807) is 0 Å². The molecule has 176 valence electrons. The highest BCUT2D eigenvalue weighted by atomic mass is 16.4. The number of amides is 4. The summed E-state index contributed by atoms with van der Waals surface area (Å²) in [5.74, 6) is -6.55. The van der Waals surface area contributed by atoms with Gasteiger partial charge < -0.3 is 42.6 Å². The Balaban J connectivity index is 3.00. The number of rotatable bonds is 13. The topological polar surface area (TPSA) is 260 Å². The lowest BCUT2D eigenvalue weighted by molar-refractivity contribution is -0.143. The maximum absolute atomic E-state index is 12.7. The molecule has 0 aliphatic rings. The van der Waals surface area contributed by atoms with Crippen LogP contribution in [0.1, 0.15) is 25.5 Å². The molecule has 0 aliphatic heterocycles. The van der Waals surface area contributed by atoms with Crippen LogP contribution in [0.3, 0.4) is 0 Å². The summed E-state index contributed by atoms with van der Waals surface area (Å²) in [5.41, 5.74) is 10.9. The smallest absolute Gasteiger partial charge is 0.325 e. The van der Waals surface area contributed by atoms with E-state index >= 15 is 0 Å². The van der Waals surface area contributed by atoms with Crippen molar-refractivity contribution < 1.29 is 39.0 Å². The van der Waals surface area contributed by atoms with Crippen molar-refractivity contribution in [2.45, 2.75) is 50.4 Å². The molecule has 32 heavy (non-hydrogen) atoms. The molecule has 1 rings (SSSR count). The van der Waals surface area contributed by atoms with Crippen LogP contribution in [-0.2, 0) is 35.2 Å². The number of nitrogens with one attached hydrogen (secondary N) is 4.